The highest BCUT2D eigenvalue weighted by molar-refractivity contribution is 5.78. The molecular formula is C14H15N5O2. The maximum Gasteiger partial charge on any atom is 0.207 e. The lowest BCUT2D eigenvalue weighted by Gasteiger charge is -2.11. The molecule has 0 bridgehead atoms. The Labute approximate surface area is 121 Å². The first-order chi connectivity index (χ1) is 10.3. The number of anilines is 1. The van der Waals surface area contributed by atoms with Gasteiger partial charge in [0.1, 0.15) is 18.2 Å². The predicted octanol–water partition coefficient (Wildman–Crippen LogP) is 1.91. The first kappa shape index (κ1) is 13.2. The third-order valence-electron chi connectivity index (χ3n) is 2.93. The summed E-state index contributed by atoms with van der Waals surface area (Å²) in [6, 6.07) is 9.36. The van der Waals surface area contributed by atoms with E-state index in [0.717, 1.165) is 11.3 Å². The molecule has 7 nitrogen and oxygen atoms in total. The van der Waals surface area contributed by atoms with Crippen LogP contribution in [-0.4, -0.2) is 27.0 Å². The molecule has 0 aliphatic carbocycles. The van der Waals surface area contributed by atoms with Gasteiger partial charge in [0.15, 0.2) is 11.3 Å². The minimum atomic E-state index is 0.337. The first-order valence-corrected chi connectivity index (χ1v) is 6.58. The van der Waals surface area contributed by atoms with Gasteiger partial charge >= 0.3 is 0 Å². The van der Waals surface area contributed by atoms with Crippen LogP contribution in [-0.2, 0) is 6.61 Å². The lowest BCUT2D eigenvalue weighted by molar-refractivity contribution is 0.288. The molecule has 7 heteroatoms. The van der Waals surface area contributed by atoms with Crippen LogP contribution in [0.1, 0.15) is 12.5 Å². The van der Waals surface area contributed by atoms with Crippen LogP contribution in [0.25, 0.3) is 11.2 Å². The van der Waals surface area contributed by atoms with Gasteiger partial charge in [-0.3, -0.25) is 0 Å². The van der Waals surface area contributed by atoms with Crippen LogP contribution in [0.15, 0.2) is 30.3 Å². The molecule has 0 atom stereocenters. The van der Waals surface area contributed by atoms with Gasteiger partial charge in [0.25, 0.3) is 0 Å². The Morgan fingerprint density at radius 2 is 2.00 bits per heavy atom. The van der Waals surface area contributed by atoms with Gasteiger partial charge < -0.3 is 15.2 Å². The van der Waals surface area contributed by atoms with Crippen LogP contribution >= 0.6 is 0 Å². The molecule has 108 valence electrons. The van der Waals surface area contributed by atoms with Crippen molar-refractivity contribution in [3.63, 3.8) is 0 Å². The van der Waals surface area contributed by atoms with Gasteiger partial charge in [-0.2, -0.15) is 10.3 Å². The van der Waals surface area contributed by atoms with Gasteiger partial charge in [-0.25, -0.2) is 4.98 Å². The molecule has 0 radical (unpaired) electrons. The Bertz CT molecular complexity index is 756. The SMILES string of the molecule is CCOc1ccccc1COc1cc(N)nc2n[nH]nc12. The summed E-state index contributed by atoms with van der Waals surface area (Å²) in [5.41, 5.74) is 7.67. The summed E-state index contributed by atoms with van der Waals surface area (Å²) in [5, 5.41) is 10.4. The van der Waals surface area contributed by atoms with Crippen molar-refractivity contribution in [3.8, 4) is 11.5 Å². The molecule has 1 aromatic carbocycles. The van der Waals surface area contributed by atoms with E-state index in [9.17, 15) is 0 Å². The van der Waals surface area contributed by atoms with E-state index < -0.39 is 0 Å². The lowest BCUT2D eigenvalue weighted by Crippen LogP contribution is -2.02. The molecule has 2 aromatic heterocycles. The molecule has 21 heavy (non-hydrogen) atoms. The summed E-state index contributed by atoms with van der Waals surface area (Å²) >= 11 is 0. The van der Waals surface area contributed by atoms with Crippen molar-refractivity contribution in [2.24, 2.45) is 0 Å². The molecule has 0 fully saturated rings. The predicted molar refractivity (Wildman–Crippen MR) is 78.0 cm³/mol. The summed E-state index contributed by atoms with van der Waals surface area (Å²) in [7, 11) is 0. The van der Waals surface area contributed by atoms with E-state index in [1.54, 1.807) is 6.07 Å². The molecule has 3 aromatic rings. The number of aromatic amines is 1. The molecule has 2 heterocycles. The number of pyridine rings is 1. The largest absolute Gasteiger partial charge is 0.493 e. The Kier molecular flexibility index (Phi) is 3.55. The second-order valence-corrected chi connectivity index (χ2v) is 4.37. The molecule has 0 unspecified atom stereocenters. The van der Waals surface area contributed by atoms with E-state index in [2.05, 4.69) is 20.4 Å². The van der Waals surface area contributed by atoms with Crippen LogP contribution in [0.3, 0.4) is 0 Å². The molecule has 0 aliphatic heterocycles. The Hall–Kier alpha value is -2.83. The number of aromatic nitrogens is 4. The molecule has 0 amide bonds. The van der Waals surface area contributed by atoms with Crippen LogP contribution < -0.4 is 15.2 Å². The third-order valence-corrected chi connectivity index (χ3v) is 2.93. The quantitative estimate of drug-likeness (QED) is 0.743. The van der Waals surface area contributed by atoms with Crippen molar-refractivity contribution in [2.75, 3.05) is 12.3 Å². The highest BCUT2D eigenvalue weighted by Crippen LogP contribution is 2.26. The van der Waals surface area contributed by atoms with Gasteiger partial charge in [-0.15, -0.1) is 5.10 Å². The van der Waals surface area contributed by atoms with E-state index in [1.165, 1.54) is 0 Å². The number of nitrogens with two attached hydrogens (primary N) is 1. The summed E-state index contributed by atoms with van der Waals surface area (Å²) in [6.45, 7) is 2.90. The first-order valence-electron chi connectivity index (χ1n) is 6.58. The third kappa shape index (κ3) is 2.71. The fourth-order valence-electron chi connectivity index (χ4n) is 2.01. The summed E-state index contributed by atoms with van der Waals surface area (Å²) < 4.78 is 11.4. The van der Waals surface area contributed by atoms with Crippen LogP contribution in [0.4, 0.5) is 5.82 Å². The minimum Gasteiger partial charge on any atom is -0.493 e. The van der Waals surface area contributed by atoms with Gasteiger partial charge in [0, 0.05) is 11.6 Å². The molecule has 3 rings (SSSR count). The minimum absolute atomic E-state index is 0.337. The van der Waals surface area contributed by atoms with Crippen molar-refractivity contribution < 1.29 is 9.47 Å². The number of benzene rings is 1. The maximum absolute atomic E-state index is 5.81. The van der Waals surface area contributed by atoms with E-state index in [4.69, 9.17) is 15.2 Å². The topological polar surface area (TPSA) is 98.9 Å². The Morgan fingerprint density at radius 3 is 2.86 bits per heavy atom. The number of rotatable bonds is 5. The van der Waals surface area contributed by atoms with Crippen LogP contribution in [0, 0.1) is 0 Å². The number of nitrogens with one attached hydrogen (secondary N) is 1. The van der Waals surface area contributed by atoms with Crippen molar-refractivity contribution >= 4 is 17.0 Å². The second-order valence-electron chi connectivity index (χ2n) is 4.37. The molecule has 0 saturated carbocycles. The average Bonchev–Trinajstić information content (AvgIpc) is 2.94. The standard InChI is InChI=1S/C14H15N5O2/c1-2-20-10-6-4-3-5-9(10)8-21-11-7-12(15)16-14-13(11)17-19-18-14/h3-7H,2,8H2,1H3,(H3,15,16,17,18,19). The molecule has 3 N–H and O–H groups in total. The monoisotopic (exact) mass is 285 g/mol. The maximum atomic E-state index is 5.81. The zero-order chi connectivity index (χ0) is 14.7. The van der Waals surface area contributed by atoms with Crippen molar-refractivity contribution in [1.29, 1.82) is 0 Å². The van der Waals surface area contributed by atoms with Gasteiger partial charge in [0.2, 0.25) is 5.65 Å². The zero-order valence-electron chi connectivity index (χ0n) is 11.5. The summed E-state index contributed by atoms with van der Waals surface area (Å²) in [4.78, 5) is 4.07. The lowest BCUT2D eigenvalue weighted by atomic mass is 10.2. The van der Waals surface area contributed by atoms with Crippen molar-refractivity contribution in [1.82, 2.24) is 20.4 Å². The zero-order valence-corrected chi connectivity index (χ0v) is 11.5. The second kappa shape index (κ2) is 5.66. The number of para-hydroxylation sites is 1. The van der Waals surface area contributed by atoms with E-state index >= 15 is 0 Å². The fraction of sp³-hybridized carbons (Fsp3) is 0.214. The smallest absolute Gasteiger partial charge is 0.207 e. The highest BCUT2D eigenvalue weighted by atomic mass is 16.5. The molecule has 0 spiro atoms. The Balaban J connectivity index is 1.85. The van der Waals surface area contributed by atoms with Crippen molar-refractivity contribution in [3.05, 3.63) is 35.9 Å². The highest BCUT2D eigenvalue weighted by Gasteiger charge is 2.11. The number of nitrogens with zero attached hydrogens (tertiary/aromatic N) is 3. The number of hydrogen-bond acceptors (Lipinski definition) is 6. The van der Waals surface area contributed by atoms with Gasteiger partial charge in [-0.1, -0.05) is 18.2 Å². The molecular weight excluding hydrogens is 270 g/mol. The number of ether oxygens (including phenoxy) is 2. The summed E-state index contributed by atoms with van der Waals surface area (Å²) in [6.07, 6.45) is 0. The van der Waals surface area contributed by atoms with E-state index in [0.29, 0.717) is 35.9 Å². The van der Waals surface area contributed by atoms with Gasteiger partial charge in [-0.05, 0) is 13.0 Å². The average molecular weight is 285 g/mol. The van der Waals surface area contributed by atoms with E-state index in [-0.39, 0.29) is 0 Å². The van der Waals surface area contributed by atoms with Crippen LogP contribution in [0.5, 0.6) is 11.5 Å². The number of nitrogen functional groups attached to an aromatic ring is 1. The van der Waals surface area contributed by atoms with Crippen molar-refractivity contribution in [2.45, 2.75) is 13.5 Å². The molecule has 0 aliphatic rings. The number of hydrogen-bond donors (Lipinski definition) is 2. The number of H-pyrrole nitrogens is 1. The van der Waals surface area contributed by atoms with Crippen LogP contribution in [0.2, 0.25) is 0 Å². The van der Waals surface area contributed by atoms with E-state index in [1.807, 2.05) is 31.2 Å². The number of fused-ring (bicyclic) bond motifs is 1. The fourth-order valence-corrected chi connectivity index (χ4v) is 2.01. The summed E-state index contributed by atoms with van der Waals surface area (Å²) in [5.74, 6) is 1.68. The van der Waals surface area contributed by atoms with Gasteiger partial charge in [0.05, 0.1) is 6.61 Å². The normalized spacial score (nSPS) is 10.7. The Morgan fingerprint density at radius 1 is 1.14 bits per heavy atom. The molecule has 0 saturated heterocycles.